The molecule has 196 valence electrons. The number of aromatic nitrogens is 5. The number of hydrogen-bond donors (Lipinski definition) is 0. The summed E-state index contributed by atoms with van der Waals surface area (Å²) < 4.78 is 19.8. The fraction of sp³-hybridized carbons (Fsp3) is 0.346. The van der Waals surface area contributed by atoms with Crippen LogP contribution >= 0.6 is 34.5 Å². The Labute approximate surface area is 233 Å². The molecule has 1 aliphatic heterocycles. The SMILES string of the molecule is C#CC1CC(n2ncc3c(Cl)nc(Cl)nc32)OC1COC(Cc1ccccc1)(C(=O)OCC)c1cscn1. The molecule has 0 aliphatic carbocycles. The molecule has 4 aromatic rings. The fourth-order valence-electron chi connectivity index (χ4n) is 4.51. The summed E-state index contributed by atoms with van der Waals surface area (Å²) >= 11 is 13.6. The summed E-state index contributed by atoms with van der Waals surface area (Å²) in [5.41, 5.74) is 1.97. The summed E-state index contributed by atoms with van der Waals surface area (Å²) in [7, 11) is 0. The highest BCUT2D eigenvalue weighted by atomic mass is 35.5. The van der Waals surface area contributed by atoms with E-state index < -0.39 is 23.9 Å². The summed E-state index contributed by atoms with van der Waals surface area (Å²) in [6.45, 7) is 1.96. The second kappa shape index (κ2) is 11.4. The highest BCUT2D eigenvalue weighted by Gasteiger charge is 2.47. The Morgan fingerprint density at radius 2 is 2.13 bits per heavy atom. The van der Waals surface area contributed by atoms with Gasteiger partial charge in [-0.15, -0.1) is 23.7 Å². The maximum Gasteiger partial charge on any atom is 0.345 e. The predicted octanol–water partition coefficient (Wildman–Crippen LogP) is 4.84. The number of esters is 1. The largest absolute Gasteiger partial charge is 0.464 e. The van der Waals surface area contributed by atoms with Crippen LogP contribution < -0.4 is 0 Å². The summed E-state index contributed by atoms with van der Waals surface area (Å²) in [6.07, 6.45) is 7.02. The van der Waals surface area contributed by atoms with Crippen LogP contribution in [0.4, 0.5) is 0 Å². The molecule has 0 amide bonds. The monoisotopic (exact) mass is 571 g/mol. The normalized spacial score (nSPS) is 20.7. The molecule has 3 aromatic heterocycles. The molecule has 4 heterocycles. The molecular weight excluding hydrogens is 549 g/mol. The molecule has 1 aromatic carbocycles. The van der Waals surface area contributed by atoms with Gasteiger partial charge in [0.1, 0.15) is 5.15 Å². The molecular formula is C26H23Cl2N5O4S. The first-order valence-electron chi connectivity index (χ1n) is 11.9. The maximum absolute atomic E-state index is 13.5. The number of ether oxygens (including phenoxy) is 3. The lowest BCUT2D eigenvalue weighted by molar-refractivity contribution is -0.181. The first-order chi connectivity index (χ1) is 18.4. The van der Waals surface area contributed by atoms with E-state index in [1.165, 1.54) is 11.3 Å². The van der Waals surface area contributed by atoms with E-state index in [2.05, 4.69) is 26.0 Å². The van der Waals surface area contributed by atoms with Crippen molar-refractivity contribution in [3.63, 3.8) is 0 Å². The summed E-state index contributed by atoms with van der Waals surface area (Å²) in [4.78, 5) is 26.1. The van der Waals surface area contributed by atoms with Crippen LogP contribution in [0.1, 0.15) is 30.8 Å². The third kappa shape index (κ3) is 5.13. The maximum atomic E-state index is 13.5. The van der Waals surface area contributed by atoms with Crippen molar-refractivity contribution in [1.82, 2.24) is 24.7 Å². The first-order valence-corrected chi connectivity index (χ1v) is 13.6. The second-order valence-corrected chi connectivity index (χ2v) is 10.1. The third-order valence-electron chi connectivity index (χ3n) is 6.34. The number of benzene rings is 1. The second-order valence-electron chi connectivity index (χ2n) is 8.64. The van der Waals surface area contributed by atoms with E-state index in [9.17, 15) is 4.79 Å². The van der Waals surface area contributed by atoms with Gasteiger partial charge in [-0.25, -0.2) is 19.4 Å². The zero-order chi connectivity index (χ0) is 26.7. The van der Waals surface area contributed by atoms with Gasteiger partial charge in [0.25, 0.3) is 0 Å². The zero-order valence-corrected chi connectivity index (χ0v) is 22.6. The van der Waals surface area contributed by atoms with Gasteiger partial charge in [0.15, 0.2) is 11.9 Å². The Hall–Kier alpha value is -3.07. The Morgan fingerprint density at radius 3 is 2.84 bits per heavy atom. The topological polar surface area (TPSA) is 101 Å². The van der Waals surface area contributed by atoms with Crippen LogP contribution in [0.15, 0.2) is 47.4 Å². The van der Waals surface area contributed by atoms with Crippen molar-refractivity contribution < 1.29 is 19.0 Å². The van der Waals surface area contributed by atoms with Crippen molar-refractivity contribution >= 4 is 51.5 Å². The van der Waals surface area contributed by atoms with Gasteiger partial charge in [-0.05, 0) is 24.1 Å². The van der Waals surface area contributed by atoms with E-state index >= 15 is 0 Å². The average molecular weight is 572 g/mol. The van der Waals surface area contributed by atoms with Gasteiger partial charge in [-0.2, -0.15) is 10.1 Å². The molecule has 12 heteroatoms. The molecule has 4 atom stereocenters. The van der Waals surface area contributed by atoms with E-state index in [1.54, 1.807) is 28.7 Å². The van der Waals surface area contributed by atoms with Crippen molar-refractivity contribution in [2.45, 2.75) is 37.7 Å². The fourth-order valence-corrected chi connectivity index (χ4v) is 5.54. The summed E-state index contributed by atoms with van der Waals surface area (Å²) in [5, 5.41) is 6.93. The molecule has 9 nitrogen and oxygen atoms in total. The number of carbonyl (C=O) groups is 1. The van der Waals surface area contributed by atoms with Crippen molar-refractivity contribution in [2.75, 3.05) is 13.2 Å². The molecule has 0 saturated carbocycles. The van der Waals surface area contributed by atoms with Gasteiger partial charge in [0, 0.05) is 18.2 Å². The Bertz CT molecular complexity index is 1460. The molecule has 0 radical (unpaired) electrons. The molecule has 0 spiro atoms. The summed E-state index contributed by atoms with van der Waals surface area (Å²) in [5.74, 6) is 1.94. The minimum Gasteiger partial charge on any atom is -0.464 e. The zero-order valence-electron chi connectivity index (χ0n) is 20.3. The first kappa shape index (κ1) is 26.5. The van der Waals surface area contributed by atoms with Gasteiger partial charge in [0.2, 0.25) is 10.9 Å². The van der Waals surface area contributed by atoms with E-state index in [0.717, 1.165) is 5.56 Å². The minimum atomic E-state index is -1.48. The van der Waals surface area contributed by atoms with E-state index in [4.69, 9.17) is 43.8 Å². The molecule has 1 fully saturated rings. The van der Waals surface area contributed by atoms with Crippen molar-refractivity contribution in [2.24, 2.45) is 5.92 Å². The molecule has 0 N–H and O–H groups in total. The van der Waals surface area contributed by atoms with Crippen LogP contribution in [-0.2, 0) is 31.0 Å². The highest BCUT2D eigenvalue weighted by molar-refractivity contribution is 7.07. The quantitative estimate of drug-likeness (QED) is 0.122. The van der Waals surface area contributed by atoms with Crippen LogP contribution in [0.2, 0.25) is 10.4 Å². The number of hydrogen-bond acceptors (Lipinski definition) is 9. The molecule has 5 rings (SSSR count). The van der Waals surface area contributed by atoms with Gasteiger partial charge in [-0.3, -0.25) is 0 Å². The van der Waals surface area contributed by atoms with Crippen LogP contribution in [0.25, 0.3) is 11.0 Å². The predicted molar refractivity (Wildman–Crippen MR) is 143 cm³/mol. The lowest BCUT2D eigenvalue weighted by Gasteiger charge is -2.32. The molecule has 1 saturated heterocycles. The minimum absolute atomic E-state index is 0.000903. The Kier molecular flexibility index (Phi) is 7.93. The van der Waals surface area contributed by atoms with E-state index in [0.29, 0.717) is 23.1 Å². The number of fused-ring (bicyclic) bond motifs is 1. The van der Waals surface area contributed by atoms with Gasteiger partial charge in [-0.1, -0.05) is 41.9 Å². The standard InChI is InChI=1S/C26H23Cl2N5O4S/c1-3-17-10-21(33-23-18(12-30-33)22(27)31-25(28)32-23)37-19(17)13-36-26(24(34)35-4-2,20-14-38-15-29-20)11-16-8-6-5-7-9-16/h1,5-9,12,14-15,17,19,21H,4,10-11,13H2,2H3. The Morgan fingerprint density at radius 1 is 1.32 bits per heavy atom. The van der Waals surface area contributed by atoms with E-state index in [1.807, 2.05) is 30.3 Å². The van der Waals surface area contributed by atoms with Gasteiger partial charge in [0.05, 0.1) is 48.0 Å². The van der Waals surface area contributed by atoms with Crippen LogP contribution in [0, 0.1) is 18.3 Å². The average Bonchev–Trinajstić information content (AvgIpc) is 3.67. The van der Waals surface area contributed by atoms with Crippen LogP contribution in [-0.4, -0.2) is 50.0 Å². The van der Waals surface area contributed by atoms with Crippen molar-refractivity contribution in [3.8, 4) is 12.3 Å². The lowest BCUT2D eigenvalue weighted by atomic mass is 9.91. The van der Waals surface area contributed by atoms with Crippen molar-refractivity contribution in [3.05, 3.63) is 69.1 Å². The number of carbonyl (C=O) groups excluding carboxylic acids is 1. The van der Waals surface area contributed by atoms with Crippen LogP contribution in [0.3, 0.4) is 0 Å². The molecule has 4 unspecified atom stereocenters. The van der Waals surface area contributed by atoms with Crippen molar-refractivity contribution in [1.29, 1.82) is 0 Å². The van der Waals surface area contributed by atoms with Gasteiger partial charge >= 0.3 is 5.97 Å². The number of rotatable bonds is 9. The molecule has 38 heavy (non-hydrogen) atoms. The van der Waals surface area contributed by atoms with Crippen LogP contribution in [0.5, 0.6) is 0 Å². The van der Waals surface area contributed by atoms with E-state index in [-0.39, 0.29) is 36.0 Å². The highest BCUT2D eigenvalue weighted by Crippen LogP contribution is 2.38. The summed E-state index contributed by atoms with van der Waals surface area (Å²) in [6, 6.07) is 9.57. The third-order valence-corrected chi connectivity index (χ3v) is 7.39. The van der Waals surface area contributed by atoms with Gasteiger partial charge < -0.3 is 14.2 Å². The number of halogens is 2. The number of terminal acetylenes is 1. The number of thiazole rings is 1. The Balaban J connectivity index is 1.43. The lowest BCUT2D eigenvalue weighted by Crippen LogP contribution is -2.45. The molecule has 0 bridgehead atoms. The smallest absolute Gasteiger partial charge is 0.345 e. The number of nitrogens with zero attached hydrogens (tertiary/aromatic N) is 5. The molecule has 1 aliphatic rings.